The average Bonchev–Trinajstić information content (AvgIpc) is 3.16. The van der Waals surface area contributed by atoms with Crippen molar-refractivity contribution in [2.24, 2.45) is 0 Å². The molecule has 10 heteroatoms. The fraction of sp³-hybridized carbons (Fsp3) is 0.333. The molecule has 0 bridgehead atoms. The normalized spacial score (nSPS) is 17.8. The van der Waals surface area contributed by atoms with Crippen molar-refractivity contribution in [1.82, 2.24) is 18.0 Å². The van der Waals surface area contributed by atoms with E-state index in [1.54, 1.807) is 18.2 Å². The highest BCUT2D eigenvalue weighted by Crippen LogP contribution is 2.28. The zero-order valence-electron chi connectivity index (χ0n) is 15.0. The van der Waals surface area contributed by atoms with Crippen LogP contribution in [0.2, 0.25) is 0 Å². The fourth-order valence-electron chi connectivity index (χ4n) is 3.50. The Morgan fingerprint density at radius 2 is 1.82 bits per heavy atom. The van der Waals surface area contributed by atoms with E-state index in [1.165, 1.54) is 16.4 Å². The molecule has 6 nitrogen and oxygen atoms in total. The number of piperazine rings is 1. The Morgan fingerprint density at radius 1 is 1.07 bits per heavy atom. The maximum absolute atomic E-state index is 14.1. The molecule has 4 rings (SSSR count). The van der Waals surface area contributed by atoms with Crippen LogP contribution in [0.1, 0.15) is 18.5 Å². The number of rotatable bonds is 4. The van der Waals surface area contributed by atoms with Gasteiger partial charge in [-0.3, -0.25) is 4.90 Å². The van der Waals surface area contributed by atoms with Crippen molar-refractivity contribution in [3.8, 4) is 0 Å². The first-order chi connectivity index (χ1) is 13.4. The number of hydrogen-bond acceptors (Lipinski definition) is 6. The van der Waals surface area contributed by atoms with Crippen LogP contribution in [0.3, 0.4) is 0 Å². The lowest BCUT2D eigenvalue weighted by molar-refractivity contribution is 0.143. The predicted molar refractivity (Wildman–Crippen MR) is 103 cm³/mol. The summed E-state index contributed by atoms with van der Waals surface area (Å²) in [5.74, 6) is -1.21. The topological polar surface area (TPSA) is 66.4 Å². The number of fused-ring (bicyclic) bond motifs is 1. The summed E-state index contributed by atoms with van der Waals surface area (Å²) in [6.07, 6.45) is 0. The quantitative estimate of drug-likeness (QED) is 0.644. The second-order valence-corrected chi connectivity index (χ2v) is 9.10. The summed E-state index contributed by atoms with van der Waals surface area (Å²) >= 11 is 0.981. The van der Waals surface area contributed by atoms with Crippen LogP contribution in [0.5, 0.6) is 0 Å². The van der Waals surface area contributed by atoms with Gasteiger partial charge in [0.2, 0.25) is 10.0 Å². The molecular weight excluding hydrogens is 406 g/mol. The number of halogens is 2. The van der Waals surface area contributed by atoms with Gasteiger partial charge in [0.25, 0.3) is 0 Å². The average molecular weight is 424 g/mol. The largest absolute Gasteiger partial charge is 0.294 e. The van der Waals surface area contributed by atoms with E-state index in [-0.39, 0.29) is 24.0 Å². The second-order valence-electron chi connectivity index (χ2n) is 6.67. The lowest BCUT2D eigenvalue weighted by atomic mass is 10.1. The third-order valence-electron chi connectivity index (χ3n) is 5.10. The maximum atomic E-state index is 14.1. The van der Waals surface area contributed by atoms with Crippen LogP contribution in [0.4, 0.5) is 8.78 Å². The molecule has 1 fully saturated rings. The number of nitrogens with zero attached hydrogens (tertiary/aromatic N) is 4. The summed E-state index contributed by atoms with van der Waals surface area (Å²) in [6, 6.07) is 8.20. The summed E-state index contributed by atoms with van der Waals surface area (Å²) < 4.78 is 63.0. The van der Waals surface area contributed by atoms with Gasteiger partial charge in [0.15, 0.2) is 0 Å². The number of benzene rings is 2. The van der Waals surface area contributed by atoms with Gasteiger partial charge in [-0.15, -0.1) is 0 Å². The first-order valence-corrected chi connectivity index (χ1v) is 11.0. The molecule has 2 aromatic carbocycles. The van der Waals surface area contributed by atoms with E-state index >= 15 is 0 Å². The molecule has 1 aromatic heterocycles. The van der Waals surface area contributed by atoms with E-state index in [0.717, 1.165) is 17.8 Å². The molecule has 0 aliphatic carbocycles. The number of sulfonamides is 1. The van der Waals surface area contributed by atoms with E-state index in [0.29, 0.717) is 29.7 Å². The first-order valence-electron chi connectivity index (χ1n) is 8.78. The van der Waals surface area contributed by atoms with E-state index in [1.807, 2.05) is 11.8 Å². The summed E-state index contributed by atoms with van der Waals surface area (Å²) in [5, 5.41) is 0. The lowest BCUT2D eigenvalue weighted by Crippen LogP contribution is -2.49. The monoisotopic (exact) mass is 424 g/mol. The van der Waals surface area contributed by atoms with Crippen LogP contribution in [-0.4, -0.2) is 52.5 Å². The van der Waals surface area contributed by atoms with Crippen LogP contribution in [0.25, 0.3) is 11.0 Å². The van der Waals surface area contributed by atoms with Crippen molar-refractivity contribution in [1.29, 1.82) is 0 Å². The van der Waals surface area contributed by atoms with E-state index in [9.17, 15) is 17.2 Å². The minimum atomic E-state index is -3.70. The van der Waals surface area contributed by atoms with Gasteiger partial charge in [0.1, 0.15) is 27.6 Å². The molecule has 28 heavy (non-hydrogen) atoms. The Hall–Kier alpha value is -2.01. The van der Waals surface area contributed by atoms with Crippen molar-refractivity contribution < 1.29 is 17.2 Å². The molecule has 148 valence electrons. The van der Waals surface area contributed by atoms with Crippen LogP contribution in [-0.2, 0) is 10.0 Å². The van der Waals surface area contributed by atoms with Gasteiger partial charge >= 0.3 is 0 Å². The molecule has 1 atom stereocenters. The van der Waals surface area contributed by atoms with Gasteiger partial charge in [0, 0.05) is 43.9 Å². The molecule has 1 saturated heterocycles. The van der Waals surface area contributed by atoms with Gasteiger partial charge < -0.3 is 0 Å². The fourth-order valence-corrected chi connectivity index (χ4v) is 5.67. The highest BCUT2D eigenvalue weighted by molar-refractivity contribution is 7.89. The maximum Gasteiger partial charge on any atom is 0.245 e. The summed E-state index contributed by atoms with van der Waals surface area (Å²) in [7, 11) is -3.70. The van der Waals surface area contributed by atoms with Crippen molar-refractivity contribution >= 4 is 32.8 Å². The summed E-state index contributed by atoms with van der Waals surface area (Å²) in [4.78, 5) is 2.15. The number of hydrogen-bond donors (Lipinski definition) is 0. The van der Waals surface area contributed by atoms with Crippen LogP contribution in [0.15, 0.2) is 41.3 Å². The minimum absolute atomic E-state index is 0.157. The lowest BCUT2D eigenvalue weighted by Gasteiger charge is -2.37. The minimum Gasteiger partial charge on any atom is -0.294 e. The molecule has 3 aromatic rings. The van der Waals surface area contributed by atoms with Crippen molar-refractivity contribution in [2.75, 3.05) is 26.2 Å². The van der Waals surface area contributed by atoms with Crippen LogP contribution < -0.4 is 0 Å². The molecule has 1 aliphatic rings. The van der Waals surface area contributed by atoms with Crippen molar-refractivity contribution in [3.05, 3.63) is 53.6 Å². The van der Waals surface area contributed by atoms with Gasteiger partial charge in [-0.1, -0.05) is 12.1 Å². The van der Waals surface area contributed by atoms with Gasteiger partial charge in [-0.2, -0.15) is 13.1 Å². The molecule has 0 spiro atoms. The molecule has 0 saturated carbocycles. The highest BCUT2D eigenvalue weighted by atomic mass is 32.2. The zero-order chi connectivity index (χ0) is 19.9. The summed E-state index contributed by atoms with van der Waals surface area (Å²) in [5.41, 5.74) is 1.35. The Bertz CT molecular complexity index is 1110. The Balaban J connectivity index is 1.51. The molecular formula is C18H18F2N4O2S2. The smallest absolute Gasteiger partial charge is 0.245 e. The standard InChI is InChI=1S/C18H18F2N4O2S2/c1-12(14-6-5-13(19)11-15(14)20)23-7-9-24(10-8-23)28(25,26)17-4-2-3-16-18(17)22-27-21-16/h2-6,11-12H,7-10H2,1H3. The van der Waals surface area contributed by atoms with Crippen molar-refractivity contribution in [2.45, 2.75) is 17.9 Å². The van der Waals surface area contributed by atoms with Gasteiger partial charge in [-0.25, -0.2) is 17.2 Å². The third kappa shape index (κ3) is 3.41. The molecule has 0 N–H and O–H groups in total. The van der Waals surface area contributed by atoms with Gasteiger partial charge in [-0.05, 0) is 25.1 Å². The van der Waals surface area contributed by atoms with Crippen LogP contribution in [0, 0.1) is 11.6 Å². The van der Waals surface area contributed by atoms with Crippen LogP contribution >= 0.6 is 11.7 Å². The Labute approximate surface area is 165 Å². The molecule has 1 unspecified atom stereocenters. The Morgan fingerprint density at radius 3 is 2.54 bits per heavy atom. The molecule has 0 radical (unpaired) electrons. The predicted octanol–water partition coefficient (Wildman–Crippen LogP) is 3.04. The van der Waals surface area contributed by atoms with E-state index < -0.39 is 21.7 Å². The second kappa shape index (κ2) is 7.43. The highest BCUT2D eigenvalue weighted by Gasteiger charge is 2.32. The number of aromatic nitrogens is 2. The first kappa shape index (κ1) is 19.3. The van der Waals surface area contributed by atoms with E-state index in [4.69, 9.17) is 0 Å². The molecule has 1 aliphatic heterocycles. The summed E-state index contributed by atoms with van der Waals surface area (Å²) in [6.45, 7) is 3.29. The SMILES string of the molecule is CC(c1ccc(F)cc1F)N1CCN(S(=O)(=O)c2cccc3nsnc23)CC1. The van der Waals surface area contributed by atoms with E-state index in [2.05, 4.69) is 8.75 Å². The molecule has 0 amide bonds. The van der Waals surface area contributed by atoms with Gasteiger partial charge in [0.05, 0.1) is 11.7 Å². The Kier molecular flexibility index (Phi) is 5.13. The molecule has 2 heterocycles. The third-order valence-corrected chi connectivity index (χ3v) is 7.57. The zero-order valence-corrected chi connectivity index (χ0v) is 16.7. The van der Waals surface area contributed by atoms with Crippen molar-refractivity contribution in [3.63, 3.8) is 0 Å².